The van der Waals surface area contributed by atoms with Crippen molar-refractivity contribution in [3.63, 3.8) is 0 Å². The third kappa shape index (κ3) is 4.27. The standard InChI is InChI=1S/C15H23FN2O/c1-3-17-15-11-19-10-13(15)9-18(2)8-12-4-6-14(16)7-5-12/h4-7,13,15,17H,3,8-11H2,1-2H3. The van der Waals surface area contributed by atoms with Crippen LogP contribution in [0.1, 0.15) is 12.5 Å². The van der Waals surface area contributed by atoms with Crippen LogP contribution in [0, 0.1) is 11.7 Å². The largest absolute Gasteiger partial charge is 0.379 e. The van der Waals surface area contributed by atoms with E-state index in [2.05, 4.69) is 24.2 Å². The smallest absolute Gasteiger partial charge is 0.123 e. The van der Waals surface area contributed by atoms with E-state index in [0.717, 1.165) is 38.4 Å². The molecule has 1 fully saturated rings. The van der Waals surface area contributed by atoms with Gasteiger partial charge in [0.05, 0.1) is 13.2 Å². The van der Waals surface area contributed by atoms with Gasteiger partial charge in [-0.05, 0) is 31.3 Å². The van der Waals surface area contributed by atoms with E-state index in [-0.39, 0.29) is 5.82 Å². The molecule has 1 aliphatic heterocycles. The van der Waals surface area contributed by atoms with E-state index >= 15 is 0 Å². The SMILES string of the molecule is CCNC1COCC1CN(C)Cc1ccc(F)cc1. The lowest BCUT2D eigenvalue weighted by Crippen LogP contribution is -2.40. The number of benzene rings is 1. The molecule has 1 aromatic carbocycles. The molecule has 0 amide bonds. The lowest BCUT2D eigenvalue weighted by molar-refractivity contribution is 0.172. The van der Waals surface area contributed by atoms with Gasteiger partial charge in [-0.1, -0.05) is 19.1 Å². The minimum Gasteiger partial charge on any atom is -0.379 e. The third-order valence-corrected chi connectivity index (χ3v) is 3.58. The maximum Gasteiger partial charge on any atom is 0.123 e. The summed E-state index contributed by atoms with van der Waals surface area (Å²) < 4.78 is 18.4. The molecule has 2 rings (SSSR count). The molecule has 106 valence electrons. The van der Waals surface area contributed by atoms with Crippen LogP contribution in [0.25, 0.3) is 0 Å². The zero-order valence-electron chi connectivity index (χ0n) is 11.7. The topological polar surface area (TPSA) is 24.5 Å². The molecule has 0 spiro atoms. The zero-order valence-corrected chi connectivity index (χ0v) is 11.7. The van der Waals surface area contributed by atoms with E-state index in [0.29, 0.717) is 12.0 Å². The van der Waals surface area contributed by atoms with Crippen molar-refractivity contribution in [3.05, 3.63) is 35.6 Å². The van der Waals surface area contributed by atoms with Gasteiger partial charge in [0.25, 0.3) is 0 Å². The second-order valence-corrected chi connectivity index (χ2v) is 5.28. The molecule has 1 saturated heterocycles. The first-order chi connectivity index (χ1) is 9.19. The fraction of sp³-hybridized carbons (Fsp3) is 0.600. The number of nitrogens with zero attached hydrogens (tertiary/aromatic N) is 1. The molecule has 0 saturated carbocycles. The van der Waals surface area contributed by atoms with Gasteiger partial charge >= 0.3 is 0 Å². The first-order valence-corrected chi connectivity index (χ1v) is 6.93. The normalized spacial score (nSPS) is 23.2. The Morgan fingerprint density at radius 3 is 2.74 bits per heavy atom. The summed E-state index contributed by atoms with van der Waals surface area (Å²) in [6.45, 7) is 6.57. The van der Waals surface area contributed by atoms with Crippen LogP contribution in [-0.4, -0.2) is 44.3 Å². The summed E-state index contributed by atoms with van der Waals surface area (Å²) in [7, 11) is 2.10. The quantitative estimate of drug-likeness (QED) is 0.851. The zero-order chi connectivity index (χ0) is 13.7. The van der Waals surface area contributed by atoms with Crippen molar-refractivity contribution in [2.24, 2.45) is 5.92 Å². The molecule has 1 N–H and O–H groups in total. The Morgan fingerprint density at radius 2 is 2.05 bits per heavy atom. The predicted octanol–water partition coefficient (Wildman–Crippen LogP) is 1.88. The predicted molar refractivity (Wildman–Crippen MR) is 74.5 cm³/mol. The molecule has 2 unspecified atom stereocenters. The second-order valence-electron chi connectivity index (χ2n) is 5.28. The minimum atomic E-state index is -0.178. The fourth-order valence-corrected chi connectivity index (χ4v) is 2.63. The average molecular weight is 266 g/mol. The molecule has 0 aliphatic carbocycles. The maximum atomic E-state index is 12.8. The van der Waals surface area contributed by atoms with Crippen LogP contribution in [0.15, 0.2) is 24.3 Å². The van der Waals surface area contributed by atoms with Crippen LogP contribution >= 0.6 is 0 Å². The van der Waals surface area contributed by atoms with E-state index in [1.807, 2.05) is 12.1 Å². The summed E-state index contributed by atoms with van der Waals surface area (Å²) in [4.78, 5) is 2.27. The first-order valence-electron chi connectivity index (χ1n) is 6.93. The third-order valence-electron chi connectivity index (χ3n) is 3.58. The highest BCUT2D eigenvalue weighted by atomic mass is 19.1. The van der Waals surface area contributed by atoms with E-state index in [9.17, 15) is 4.39 Å². The number of halogens is 1. The molecule has 0 radical (unpaired) electrons. The molecule has 0 aromatic heterocycles. The molecular formula is C15H23FN2O. The van der Waals surface area contributed by atoms with Crippen molar-refractivity contribution in [1.29, 1.82) is 0 Å². The Morgan fingerprint density at radius 1 is 1.32 bits per heavy atom. The van der Waals surface area contributed by atoms with Crippen LogP contribution in [-0.2, 0) is 11.3 Å². The number of ether oxygens (including phenoxy) is 1. The van der Waals surface area contributed by atoms with Gasteiger partial charge in [0.2, 0.25) is 0 Å². The molecule has 0 bridgehead atoms. The summed E-state index contributed by atoms with van der Waals surface area (Å²) in [6.07, 6.45) is 0. The van der Waals surface area contributed by atoms with Crippen molar-refractivity contribution < 1.29 is 9.13 Å². The lowest BCUT2D eigenvalue weighted by Gasteiger charge is -2.24. The molecule has 1 aromatic rings. The Kier molecular flexibility index (Phi) is 5.31. The highest BCUT2D eigenvalue weighted by molar-refractivity contribution is 5.15. The highest BCUT2D eigenvalue weighted by Gasteiger charge is 2.28. The second kappa shape index (κ2) is 6.98. The van der Waals surface area contributed by atoms with Crippen LogP contribution in [0.4, 0.5) is 4.39 Å². The Balaban J connectivity index is 1.83. The maximum absolute atomic E-state index is 12.8. The summed E-state index contributed by atoms with van der Waals surface area (Å²) in [5.74, 6) is 0.355. The molecule has 1 heterocycles. The minimum absolute atomic E-state index is 0.178. The van der Waals surface area contributed by atoms with Crippen molar-refractivity contribution in [3.8, 4) is 0 Å². The summed E-state index contributed by atoms with van der Waals surface area (Å²) in [6, 6.07) is 7.19. The Labute approximate surface area is 114 Å². The van der Waals surface area contributed by atoms with Gasteiger partial charge in [-0.15, -0.1) is 0 Å². The number of rotatable bonds is 6. The molecule has 4 heteroatoms. The van der Waals surface area contributed by atoms with E-state index in [1.54, 1.807) is 0 Å². The summed E-state index contributed by atoms with van der Waals surface area (Å²) >= 11 is 0. The van der Waals surface area contributed by atoms with Gasteiger partial charge < -0.3 is 15.0 Å². The van der Waals surface area contributed by atoms with Crippen molar-refractivity contribution in [2.45, 2.75) is 19.5 Å². The summed E-state index contributed by atoms with van der Waals surface area (Å²) in [5.41, 5.74) is 1.14. The van der Waals surface area contributed by atoms with Crippen molar-refractivity contribution in [2.75, 3.05) is 33.4 Å². The molecule has 2 atom stereocenters. The highest BCUT2D eigenvalue weighted by Crippen LogP contribution is 2.16. The molecule has 1 aliphatic rings. The molecule has 3 nitrogen and oxygen atoms in total. The molecular weight excluding hydrogens is 243 g/mol. The van der Waals surface area contributed by atoms with Gasteiger partial charge in [0.15, 0.2) is 0 Å². The Bertz CT molecular complexity index is 382. The van der Waals surface area contributed by atoms with E-state index in [1.165, 1.54) is 12.1 Å². The van der Waals surface area contributed by atoms with E-state index in [4.69, 9.17) is 4.74 Å². The monoisotopic (exact) mass is 266 g/mol. The number of likely N-dealkylation sites (N-methyl/N-ethyl adjacent to an activating group) is 1. The van der Waals surface area contributed by atoms with Crippen LogP contribution in [0.2, 0.25) is 0 Å². The fourth-order valence-electron chi connectivity index (χ4n) is 2.63. The van der Waals surface area contributed by atoms with Crippen molar-refractivity contribution >= 4 is 0 Å². The number of hydrogen-bond acceptors (Lipinski definition) is 3. The van der Waals surface area contributed by atoms with Crippen molar-refractivity contribution in [1.82, 2.24) is 10.2 Å². The van der Waals surface area contributed by atoms with Gasteiger partial charge in [0.1, 0.15) is 5.82 Å². The number of hydrogen-bond donors (Lipinski definition) is 1. The summed E-state index contributed by atoms with van der Waals surface area (Å²) in [5, 5.41) is 3.47. The van der Waals surface area contributed by atoms with Crippen LogP contribution in [0.3, 0.4) is 0 Å². The van der Waals surface area contributed by atoms with E-state index < -0.39 is 0 Å². The molecule has 19 heavy (non-hydrogen) atoms. The number of nitrogens with one attached hydrogen (secondary N) is 1. The van der Waals surface area contributed by atoms with Gasteiger partial charge in [-0.25, -0.2) is 4.39 Å². The van der Waals surface area contributed by atoms with Gasteiger partial charge in [-0.2, -0.15) is 0 Å². The van der Waals surface area contributed by atoms with Gasteiger partial charge in [-0.3, -0.25) is 0 Å². The average Bonchev–Trinajstić information content (AvgIpc) is 2.80. The lowest BCUT2D eigenvalue weighted by atomic mass is 10.0. The Hall–Kier alpha value is -0.970. The van der Waals surface area contributed by atoms with Crippen LogP contribution < -0.4 is 5.32 Å². The van der Waals surface area contributed by atoms with Crippen LogP contribution in [0.5, 0.6) is 0 Å². The first kappa shape index (κ1) is 14.4. The van der Waals surface area contributed by atoms with Gasteiger partial charge in [0, 0.05) is 25.0 Å².